The van der Waals surface area contributed by atoms with Gasteiger partial charge < -0.3 is 9.80 Å². The summed E-state index contributed by atoms with van der Waals surface area (Å²) >= 11 is 0. The standard InChI is InChI=1S/C17H19N5O/c1-21(2)17-19-15(14(11-18)16(23)20-17)22-9-7-12-5-3-4-6-13(12)8-10-22/h3-6H,7-10H2,1-2H3,(H,19,20,23). The van der Waals surface area contributed by atoms with Gasteiger partial charge in [-0.2, -0.15) is 10.2 Å². The molecule has 0 spiro atoms. The molecule has 118 valence electrons. The van der Waals surface area contributed by atoms with Crippen LogP contribution in [-0.2, 0) is 12.8 Å². The van der Waals surface area contributed by atoms with Crippen molar-refractivity contribution in [3.05, 3.63) is 51.3 Å². The average molecular weight is 309 g/mol. The number of hydrogen-bond acceptors (Lipinski definition) is 5. The molecule has 6 heteroatoms. The normalized spacial score (nSPS) is 13.9. The van der Waals surface area contributed by atoms with Crippen LogP contribution in [0.5, 0.6) is 0 Å². The number of nitrogens with zero attached hydrogens (tertiary/aromatic N) is 4. The fourth-order valence-electron chi connectivity index (χ4n) is 2.87. The van der Waals surface area contributed by atoms with E-state index >= 15 is 0 Å². The van der Waals surface area contributed by atoms with E-state index in [0.717, 1.165) is 25.9 Å². The fraction of sp³-hybridized carbons (Fsp3) is 0.353. The van der Waals surface area contributed by atoms with Gasteiger partial charge in [-0.15, -0.1) is 0 Å². The molecule has 0 atom stereocenters. The molecule has 1 aliphatic heterocycles. The Hall–Kier alpha value is -2.81. The number of H-pyrrole nitrogens is 1. The van der Waals surface area contributed by atoms with Crippen molar-refractivity contribution in [2.24, 2.45) is 0 Å². The molecule has 0 bridgehead atoms. The highest BCUT2D eigenvalue weighted by atomic mass is 16.1. The molecule has 0 fully saturated rings. The Morgan fingerprint density at radius 2 is 1.83 bits per heavy atom. The molecule has 0 saturated carbocycles. The van der Waals surface area contributed by atoms with Crippen molar-refractivity contribution in [3.8, 4) is 6.07 Å². The van der Waals surface area contributed by atoms with E-state index in [1.54, 1.807) is 4.90 Å². The molecule has 0 aliphatic carbocycles. The molecule has 0 unspecified atom stereocenters. The second-order valence-corrected chi connectivity index (χ2v) is 5.85. The minimum Gasteiger partial charge on any atom is -0.355 e. The first-order chi connectivity index (χ1) is 11.1. The highest BCUT2D eigenvalue weighted by molar-refractivity contribution is 5.56. The number of nitrogens with one attached hydrogen (secondary N) is 1. The number of anilines is 2. The van der Waals surface area contributed by atoms with Gasteiger partial charge in [0.05, 0.1) is 0 Å². The lowest BCUT2D eigenvalue weighted by atomic mass is 10.0. The number of aromatic nitrogens is 2. The van der Waals surface area contributed by atoms with Crippen LogP contribution in [0.15, 0.2) is 29.1 Å². The molecule has 6 nitrogen and oxygen atoms in total. The van der Waals surface area contributed by atoms with Gasteiger partial charge in [0.2, 0.25) is 5.95 Å². The summed E-state index contributed by atoms with van der Waals surface area (Å²) in [5, 5.41) is 9.35. The molecule has 1 aromatic carbocycles. The average Bonchev–Trinajstić information content (AvgIpc) is 2.76. The van der Waals surface area contributed by atoms with Crippen LogP contribution in [0.2, 0.25) is 0 Å². The summed E-state index contributed by atoms with van der Waals surface area (Å²) in [5.74, 6) is 0.943. The molecule has 2 heterocycles. The van der Waals surface area contributed by atoms with Crippen LogP contribution in [0.3, 0.4) is 0 Å². The van der Waals surface area contributed by atoms with Crippen molar-refractivity contribution in [1.82, 2.24) is 9.97 Å². The Kier molecular flexibility index (Phi) is 4.02. The number of hydrogen-bond donors (Lipinski definition) is 1. The zero-order chi connectivity index (χ0) is 16.4. The molecule has 1 aliphatic rings. The molecule has 23 heavy (non-hydrogen) atoms. The van der Waals surface area contributed by atoms with E-state index in [-0.39, 0.29) is 11.1 Å². The number of nitriles is 1. The van der Waals surface area contributed by atoms with E-state index in [9.17, 15) is 10.1 Å². The summed E-state index contributed by atoms with van der Waals surface area (Å²) in [6, 6.07) is 10.4. The van der Waals surface area contributed by atoms with Crippen molar-refractivity contribution >= 4 is 11.8 Å². The van der Waals surface area contributed by atoms with E-state index in [1.807, 2.05) is 37.2 Å². The Morgan fingerprint density at radius 1 is 1.22 bits per heavy atom. The largest absolute Gasteiger partial charge is 0.355 e. The van der Waals surface area contributed by atoms with Crippen LogP contribution >= 0.6 is 0 Å². The summed E-state index contributed by atoms with van der Waals surface area (Å²) in [6.07, 6.45) is 1.76. The second kappa shape index (κ2) is 6.13. The van der Waals surface area contributed by atoms with Gasteiger partial charge in [0.15, 0.2) is 11.4 Å². The maximum Gasteiger partial charge on any atom is 0.272 e. The topological polar surface area (TPSA) is 76.0 Å². The smallest absolute Gasteiger partial charge is 0.272 e. The molecule has 1 N–H and O–H groups in total. The summed E-state index contributed by atoms with van der Waals surface area (Å²) in [6.45, 7) is 1.49. The van der Waals surface area contributed by atoms with Gasteiger partial charge in [0.1, 0.15) is 6.07 Å². The molecule has 0 radical (unpaired) electrons. The second-order valence-electron chi connectivity index (χ2n) is 5.85. The Bertz CT molecular complexity index is 791. The van der Waals surface area contributed by atoms with Crippen molar-refractivity contribution < 1.29 is 0 Å². The van der Waals surface area contributed by atoms with Gasteiger partial charge in [-0.25, -0.2) is 0 Å². The third-order valence-electron chi connectivity index (χ3n) is 4.14. The maximum absolute atomic E-state index is 12.2. The van der Waals surface area contributed by atoms with Crippen molar-refractivity contribution in [2.45, 2.75) is 12.8 Å². The lowest BCUT2D eigenvalue weighted by Crippen LogP contribution is -2.32. The van der Waals surface area contributed by atoms with Gasteiger partial charge >= 0.3 is 0 Å². The monoisotopic (exact) mass is 309 g/mol. The van der Waals surface area contributed by atoms with E-state index < -0.39 is 0 Å². The van der Waals surface area contributed by atoms with Gasteiger partial charge in [-0.1, -0.05) is 24.3 Å². The minimum atomic E-state index is -0.386. The van der Waals surface area contributed by atoms with Crippen LogP contribution in [0, 0.1) is 11.3 Å². The molecular weight excluding hydrogens is 290 g/mol. The van der Waals surface area contributed by atoms with Crippen LogP contribution in [0.4, 0.5) is 11.8 Å². The predicted octanol–water partition coefficient (Wildman–Crippen LogP) is 1.31. The molecule has 0 amide bonds. The lowest BCUT2D eigenvalue weighted by molar-refractivity contribution is 0.781. The number of aromatic amines is 1. The summed E-state index contributed by atoms with van der Waals surface area (Å²) in [5.41, 5.74) is 2.35. The van der Waals surface area contributed by atoms with Crippen molar-refractivity contribution in [1.29, 1.82) is 5.26 Å². The quantitative estimate of drug-likeness (QED) is 0.905. The van der Waals surface area contributed by atoms with Crippen molar-refractivity contribution in [3.63, 3.8) is 0 Å². The van der Waals surface area contributed by atoms with E-state index in [0.29, 0.717) is 11.8 Å². The van der Waals surface area contributed by atoms with E-state index in [1.165, 1.54) is 11.1 Å². The minimum absolute atomic E-state index is 0.0848. The summed E-state index contributed by atoms with van der Waals surface area (Å²) < 4.78 is 0. The summed E-state index contributed by atoms with van der Waals surface area (Å²) in [4.78, 5) is 23.1. The first-order valence-corrected chi connectivity index (χ1v) is 7.63. The van der Waals surface area contributed by atoms with Crippen LogP contribution < -0.4 is 15.4 Å². The van der Waals surface area contributed by atoms with Crippen LogP contribution in [0.25, 0.3) is 0 Å². The lowest BCUT2D eigenvalue weighted by Gasteiger charge is -2.23. The Labute approximate surface area is 135 Å². The number of fused-ring (bicyclic) bond motifs is 1. The molecule has 2 aromatic rings. The molecule has 3 rings (SSSR count). The van der Waals surface area contributed by atoms with Gasteiger partial charge in [0.25, 0.3) is 5.56 Å². The zero-order valence-corrected chi connectivity index (χ0v) is 13.3. The molecular formula is C17H19N5O. The van der Waals surface area contributed by atoms with Crippen molar-refractivity contribution in [2.75, 3.05) is 37.0 Å². The van der Waals surface area contributed by atoms with E-state index in [2.05, 4.69) is 22.1 Å². The molecule has 1 aromatic heterocycles. The highest BCUT2D eigenvalue weighted by Gasteiger charge is 2.21. The fourth-order valence-corrected chi connectivity index (χ4v) is 2.87. The number of rotatable bonds is 2. The van der Waals surface area contributed by atoms with Gasteiger partial charge in [-0.3, -0.25) is 9.78 Å². The predicted molar refractivity (Wildman–Crippen MR) is 90.0 cm³/mol. The summed E-state index contributed by atoms with van der Waals surface area (Å²) in [7, 11) is 3.62. The SMILES string of the molecule is CN(C)c1nc(N2CCc3ccccc3CC2)c(C#N)c(=O)[nH]1. The van der Waals surface area contributed by atoms with Gasteiger partial charge in [0, 0.05) is 27.2 Å². The Balaban J connectivity index is 1.99. The first-order valence-electron chi connectivity index (χ1n) is 7.63. The maximum atomic E-state index is 12.2. The number of benzene rings is 1. The zero-order valence-electron chi connectivity index (χ0n) is 13.3. The van der Waals surface area contributed by atoms with E-state index in [4.69, 9.17) is 0 Å². The Morgan fingerprint density at radius 3 is 2.35 bits per heavy atom. The molecule has 0 saturated heterocycles. The highest BCUT2D eigenvalue weighted by Crippen LogP contribution is 2.22. The first kappa shape index (κ1) is 15.1. The third kappa shape index (κ3) is 2.90. The van der Waals surface area contributed by atoms with Crippen LogP contribution in [0.1, 0.15) is 16.7 Å². The third-order valence-corrected chi connectivity index (χ3v) is 4.14. The van der Waals surface area contributed by atoms with Gasteiger partial charge in [-0.05, 0) is 24.0 Å². The van der Waals surface area contributed by atoms with Crippen LogP contribution in [-0.4, -0.2) is 37.2 Å².